The van der Waals surface area contributed by atoms with E-state index in [1.807, 2.05) is 13.0 Å². The van der Waals surface area contributed by atoms with Crippen molar-refractivity contribution >= 4 is 11.8 Å². The summed E-state index contributed by atoms with van der Waals surface area (Å²) < 4.78 is 4.88. The Balaban J connectivity index is 2.79. The summed E-state index contributed by atoms with van der Waals surface area (Å²) in [6.07, 6.45) is 0. The van der Waals surface area contributed by atoms with E-state index in [0.717, 1.165) is 0 Å². The predicted octanol–water partition coefficient (Wildman–Crippen LogP) is 1.34. The van der Waals surface area contributed by atoms with Gasteiger partial charge >= 0.3 is 5.97 Å². The van der Waals surface area contributed by atoms with Crippen molar-refractivity contribution in [1.29, 1.82) is 5.26 Å². The summed E-state index contributed by atoms with van der Waals surface area (Å²) in [5.74, 6) is 0.318. The van der Waals surface area contributed by atoms with Crippen molar-refractivity contribution in [2.75, 3.05) is 24.6 Å². The molecule has 5 heteroatoms. The molecule has 0 N–H and O–H groups in total. The van der Waals surface area contributed by atoms with Crippen LogP contribution in [0.4, 0.5) is 5.82 Å². The van der Waals surface area contributed by atoms with Crippen molar-refractivity contribution in [3.05, 3.63) is 23.9 Å². The zero-order valence-electron chi connectivity index (χ0n) is 10.0. The van der Waals surface area contributed by atoms with Gasteiger partial charge in [-0.2, -0.15) is 5.26 Å². The van der Waals surface area contributed by atoms with Crippen LogP contribution in [-0.4, -0.2) is 30.6 Å². The molecule has 17 heavy (non-hydrogen) atoms. The zero-order chi connectivity index (χ0) is 12.7. The van der Waals surface area contributed by atoms with Crippen molar-refractivity contribution in [1.82, 2.24) is 4.98 Å². The van der Waals surface area contributed by atoms with Gasteiger partial charge in [0, 0.05) is 6.54 Å². The molecule has 1 rings (SSSR count). The summed E-state index contributed by atoms with van der Waals surface area (Å²) in [6.45, 7) is 4.82. The second-order valence-electron chi connectivity index (χ2n) is 3.31. The van der Waals surface area contributed by atoms with Crippen LogP contribution < -0.4 is 4.90 Å². The highest BCUT2D eigenvalue weighted by Crippen LogP contribution is 2.10. The molecule has 0 aromatic carbocycles. The Bertz CT molecular complexity index is 426. The van der Waals surface area contributed by atoms with E-state index in [1.165, 1.54) is 0 Å². The van der Waals surface area contributed by atoms with Gasteiger partial charge in [0.1, 0.15) is 24.1 Å². The van der Waals surface area contributed by atoms with Gasteiger partial charge in [0.2, 0.25) is 0 Å². The van der Waals surface area contributed by atoms with Crippen molar-refractivity contribution < 1.29 is 9.53 Å². The molecule has 0 saturated carbocycles. The van der Waals surface area contributed by atoms with E-state index in [4.69, 9.17) is 10.00 Å². The molecule has 0 aliphatic heterocycles. The summed E-state index contributed by atoms with van der Waals surface area (Å²) >= 11 is 0. The van der Waals surface area contributed by atoms with Crippen LogP contribution >= 0.6 is 0 Å². The molecular weight excluding hydrogens is 218 g/mol. The number of carbonyl (C=O) groups excluding carboxylic acids is 1. The third kappa shape index (κ3) is 3.76. The number of nitrogens with zero attached hydrogens (tertiary/aromatic N) is 3. The van der Waals surface area contributed by atoms with E-state index in [9.17, 15) is 4.79 Å². The van der Waals surface area contributed by atoms with Crippen LogP contribution in [0.2, 0.25) is 0 Å². The lowest BCUT2D eigenvalue weighted by Gasteiger charge is -2.20. The first-order chi connectivity index (χ1) is 8.21. The molecule has 0 radical (unpaired) electrons. The minimum atomic E-state index is -0.293. The maximum absolute atomic E-state index is 11.4. The van der Waals surface area contributed by atoms with Gasteiger partial charge in [-0.05, 0) is 26.0 Å². The van der Waals surface area contributed by atoms with Crippen LogP contribution in [0.25, 0.3) is 0 Å². The number of carbonyl (C=O) groups is 1. The molecule has 0 amide bonds. The standard InChI is InChI=1S/C12H15N3O2/c1-3-15(9-12(16)17-4-2)11-7-5-6-10(8-13)14-11/h5-7H,3-4,9H2,1-2H3. The fourth-order valence-corrected chi connectivity index (χ4v) is 1.38. The normalized spacial score (nSPS) is 9.47. The summed E-state index contributed by atoms with van der Waals surface area (Å²) in [4.78, 5) is 17.3. The van der Waals surface area contributed by atoms with Gasteiger partial charge in [0.15, 0.2) is 0 Å². The van der Waals surface area contributed by atoms with Crippen LogP contribution in [0, 0.1) is 11.3 Å². The summed E-state index contributed by atoms with van der Waals surface area (Å²) in [6, 6.07) is 7.11. The van der Waals surface area contributed by atoms with Crippen LogP contribution in [-0.2, 0) is 9.53 Å². The van der Waals surface area contributed by atoms with Crippen LogP contribution in [0.1, 0.15) is 19.5 Å². The number of esters is 1. The molecule has 0 bridgehead atoms. The van der Waals surface area contributed by atoms with Crippen molar-refractivity contribution in [3.8, 4) is 6.07 Å². The van der Waals surface area contributed by atoms with E-state index in [2.05, 4.69) is 4.98 Å². The van der Waals surface area contributed by atoms with Crippen molar-refractivity contribution in [2.24, 2.45) is 0 Å². The molecule has 1 aromatic heterocycles. The predicted molar refractivity (Wildman–Crippen MR) is 63.5 cm³/mol. The Morgan fingerprint density at radius 2 is 2.29 bits per heavy atom. The first kappa shape index (κ1) is 13.0. The van der Waals surface area contributed by atoms with E-state index in [0.29, 0.717) is 24.7 Å². The molecule has 1 heterocycles. The molecular formula is C12H15N3O2. The quantitative estimate of drug-likeness (QED) is 0.718. The Labute approximate surface area is 101 Å². The average molecular weight is 233 g/mol. The van der Waals surface area contributed by atoms with E-state index in [-0.39, 0.29) is 12.5 Å². The van der Waals surface area contributed by atoms with E-state index >= 15 is 0 Å². The number of rotatable bonds is 5. The number of ether oxygens (including phenoxy) is 1. The molecule has 90 valence electrons. The minimum absolute atomic E-state index is 0.145. The monoisotopic (exact) mass is 233 g/mol. The Morgan fingerprint density at radius 1 is 1.53 bits per heavy atom. The fourth-order valence-electron chi connectivity index (χ4n) is 1.38. The summed E-state index contributed by atoms with van der Waals surface area (Å²) in [5, 5.41) is 8.76. The van der Waals surface area contributed by atoms with Gasteiger partial charge in [0.05, 0.1) is 6.61 Å². The van der Waals surface area contributed by atoms with E-state index in [1.54, 1.807) is 30.0 Å². The molecule has 0 aliphatic rings. The minimum Gasteiger partial charge on any atom is -0.465 e. The van der Waals surface area contributed by atoms with Gasteiger partial charge in [-0.15, -0.1) is 0 Å². The number of likely N-dealkylation sites (N-methyl/N-ethyl adjacent to an activating group) is 1. The molecule has 1 aromatic rings. The highest BCUT2D eigenvalue weighted by atomic mass is 16.5. The van der Waals surface area contributed by atoms with Crippen molar-refractivity contribution in [2.45, 2.75) is 13.8 Å². The van der Waals surface area contributed by atoms with Crippen molar-refractivity contribution in [3.63, 3.8) is 0 Å². The molecule has 0 saturated heterocycles. The second kappa shape index (κ2) is 6.48. The maximum Gasteiger partial charge on any atom is 0.325 e. The third-order valence-corrected chi connectivity index (χ3v) is 2.18. The lowest BCUT2D eigenvalue weighted by Crippen LogP contribution is -2.31. The average Bonchev–Trinajstić information content (AvgIpc) is 2.36. The first-order valence-electron chi connectivity index (χ1n) is 5.49. The smallest absolute Gasteiger partial charge is 0.325 e. The number of hydrogen-bond acceptors (Lipinski definition) is 5. The van der Waals surface area contributed by atoms with Crippen LogP contribution in [0.5, 0.6) is 0 Å². The van der Waals surface area contributed by atoms with Crippen LogP contribution in [0.15, 0.2) is 18.2 Å². The molecule has 0 aliphatic carbocycles. The van der Waals surface area contributed by atoms with Gasteiger partial charge in [-0.1, -0.05) is 6.07 Å². The topological polar surface area (TPSA) is 66.2 Å². The summed E-state index contributed by atoms with van der Waals surface area (Å²) in [7, 11) is 0. The Kier molecular flexibility index (Phi) is 4.95. The number of pyridine rings is 1. The van der Waals surface area contributed by atoms with Crippen LogP contribution in [0.3, 0.4) is 0 Å². The number of anilines is 1. The zero-order valence-corrected chi connectivity index (χ0v) is 10.0. The van der Waals surface area contributed by atoms with E-state index < -0.39 is 0 Å². The molecule has 0 atom stereocenters. The highest BCUT2D eigenvalue weighted by Gasteiger charge is 2.11. The molecule has 0 unspecified atom stereocenters. The molecule has 0 fully saturated rings. The molecule has 5 nitrogen and oxygen atoms in total. The lowest BCUT2D eigenvalue weighted by molar-refractivity contribution is -0.141. The highest BCUT2D eigenvalue weighted by molar-refractivity contribution is 5.75. The number of hydrogen-bond donors (Lipinski definition) is 0. The van der Waals surface area contributed by atoms with Gasteiger partial charge < -0.3 is 9.64 Å². The van der Waals surface area contributed by atoms with Gasteiger partial charge in [0.25, 0.3) is 0 Å². The SMILES string of the molecule is CCOC(=O)CN(CC)c1cccc(C#N)n1. The lowest BCUT2D eigenvalue weighted by atomic mass is 10.3. The summed E-state index contributed by atoms with van der Waals surface area (Å²) in [5.41, 5.74) is 0.338. The number of aromatic nitrogens is 1. The maximum atomic E-state index is 11.4. The largest absolute Gasteiger partial charge is 0.465 e. The van der Waals surface area contributed by atoms with Gasteiger partial charge in [-0.25, -0.2) is 4.98 Å². The first-order valence-corrected chi connectivity index (χ1v) is 5.49. The Hall–Kier alpha value is -2.09. The third-order valence-electron chi connectivity index (χ3n) is 2.18. The van der Waals surface area contributed by atoms with Gasteiger partial charge in [-0.3, -0.25) is 4.79 Å². The Morgan fingerprint density at radius 3 is 2.88 bits per heavy atom. The number of nitriles is 1. The second-order valence-corrected chi connectivity index (χ2v) is 3.31. The fraction of sp³-hybridized carbons (Fsp3) is 0.417. The molecule has 0 spiro atoms.